The molecule has 0 unspecified atom stereocenters. The largest absolute Gasteiger partial charge is 0.397 e. The van der Waals surface area contributed by atoms with E-state index in [4.69, 9.17) is 5.73 Å². The molecule has 1 aliphatic rings. The summed E-state index contributed by atoms with van der Waals surface area (Å²) in [5.74, 6) is 0. The van der Waals surface area contributed by atoms with Crippen LogP contribution < -0.4 is 11.1 Å². The Labute approximate surface area is 251 Å². The van der Waals surface area contributed by atoms with Crippen molar-refractivity contribution in [2.24, 2.45) is 12.8 Å². The molecule has 3 N–H and O–H groups in total. The van der Waals surface area contributed by atoms with Gasteiger partial charge >= 0.3 is 0 Å². The zero-order chi connectivity index (χ0) is 29.2. The average Bonchev–Trinajstić information content (AvgIpc) is 3.65. The van der Waals surface area contributed by atoms with Crippen LogP contribution in [0.5, 0.6) is 0 Å². The van der Waals surface area contributed by atoms with Crippen LogP contribution in [0.15, 0.2) is 164 Å². The summed E-state index contributed by atoms with van der Waals surface area (Å²) in [6.45, 7) is 0. The van der Waals surface area contributed by atoms with Crippen LogP contribution >= 0.6 is 0 Å². The Morgan fingerprint density at radius 2 is 1.35 bits per heavy atom. The molecule has 4 nitrogen and oxygen atoms in total. The van der Waals surface area contributed by atoms with E-state index in [9.17, 15) is 0 Å². The number of fused-ring (bicyclic) bond motifs is 5. The summed E-state index contributed by atoms with van der Waals surface area (Å²) in [5, 5.41) is 7.12. The number of rotatable bonds is 3. The number of nitrogens with one attached hydrogen (secondary N) is 1. The van der Waals surface area contributed by atoms with Crippen LogP contribution in [0.4, 0.5) is 0 Å². The Hall–Kier alpha value is -5.74. The van der Waals surface area contributed by atoms with Gasteiger partial charge < -0.3 is 20.2 Å². The molecule has 1 aliphatic heterocycles. The normalized spacial score (nSPS) is 13.6. The number of benzene rings is 5. The second-order valence-electron chi connectivity index (χ2n) is 10.6. The lowest BCUT2D eigenvalue weighted by Gasteiger charge is -2.14. The van der Waals surface area contributed by atoms with E-state index in [1.807, 2.05) is 54.8 Å². The molecule has 7 aromatic rings. The van der Waals surface area contributed by atoms with E-state index in [1.165, 1.54) is 44.0 Å². The summed E-state index contributed by atoms with van der Waals surface area (Å²) in [4.78, 5) is 0. The van der Waals surface area contributed by atoms with E-state index in [2.05, 4.69) is 125 Å². The highest BCUT2D eigenvalue weighted by Gasteiger charge is 2.13. The number of aryl methyl sites for hydroxylation is 1. The number of nitrogens with zero attached hydrogens (tertiary/aromatic N) is 2. The maximum Gasteiger partial charge on any atom is 0.0633 e. The van der Waals surface area contributed by atoms with Crippen molar-refractivity contribution in [1.29, 1.82) is 0 Å². The average molecular weight is 557 g/mol. The second-order valence-corrected chi connectivity index (χ2v) is 10.6. The maximum absolute atomic E-state index is 6.34. The van der Waals surface area contributed by atoms with Crippen molar-refractivity contribution in [3.05, 3.63) is 169 Å². The number of para-hydroxylation sites is 2. The third-order valence-corrected chi connectivity index (χ3v) is 8.07. The molecule has 43 heavy (non-hydrogen) atoms. The molecule has 5 aromatic carbocycles. The molecule has 8 rings (SSSR count). The van der Waals surface area contributed by atoms with E-state index in [0.29, 0.717) is 0 Å². The van der Waals surface area contributed by atoms with E-state index < -0.39 is 0 Å². The number of aromatic nitrogens is 2. The SMILES string of the molecule is Cn1c2ccccc2c2ccc3c(ccn3-c3ccccc3)c21.N/C(=C1/C=CC=CN1)c1ccccc1-c1ccccc1. The lowest BCUT2D eigenvalue weighted by molar-refractivity contribution is 1.02. The molecule has 0 saturated heterocycles. The molecule has 0 atom stereocenters. The van der Waals surface area contributed by atoms with Crippen LogP contribution in [0, 0.1) is 0 Å². The standard InChI is InChI=1S/C21H16N2.C18H16N2/c1-22-19-10-6-5-9-16(19)17-11-12-20-18(21(17)22)13-14-23(20)15-7-3-2-4-8-15;19-18(17-12-6-7-13-20-17)16-11-5-4-10-15(16)14-8-2-1-3-9-14/h2-14H,1H3;1-13,20H,19H2/b;18-17-. The van der Waals surface area contributed by atoms with Gasteiger partial charge in [0, 0.05) is 52.4 Å². The molecule has 0 spiro atoms. The highest BCUT2D eigenvalue weighted by Crippen LogP contribution is 2.34. The first-order chi connectivity index (χ1) is 21.2. The lowest BCUT2D eigenvalue weighted by atomic mass is 9.97. The van der Waals surface area contributed by atoms with Gasteiger partial charge in [0.2, 0.25) is 0 Å². The van der Waals surface area contributed by atoms with Gasteiger partial charge in [-0.2, -0.15) is 0 Å². The smallest absolute Gasteiger partial charge is 0.0633 e. The van der Waals surface area contributed by atoms with E-state index in [1.54, 1.807) is 0 Å². The highest BCUT2D eigenvalue weighted by atomic mass is 15.0. The quantitative estimate of drug-likeness (QED) is 0.228. The zero-order valence-electron chi connectivity index (χ0n) is 24.0. The summed E-state index contributed by atoms with van der Waals surface area (Å²) in [7, 11) is 2.16. The van der Waals surface area contributed by atoms with Crippen molar-refractivity contribution in [1.82, 2.24) is 14.5 Å². The molecule has 2 aromatic heterocycles. The summed E-state index contributed by atoms with van der Waals surface area (Å²) in [6, 6.07) is 44.3. The molecule has 0 radical (unpaired) electrons. The second kappa shape index (κ2) is 11.3. The van der Waals surface area contributed by atoms with Crippen LogP contribution in [-0.4, -0.2) is 9.13 Å². The van der Waals surface area contributed by atoms with Crippen LogP contribution in [0.25, 0.3) is 55.2 Å². The first kappa shape index (κ1) is 26.2. The molecule has 208 valence electrons. The summed E-state index contributed by atoms with van der Waals surface area (Å²) in [6.07, 6.45) is 9.95. The van der Waals surface area contributed by atoms with Gasteiger partial charge in [0.15, 0.2) is 0 Å². The summed E-state index contributed by atoms with van der Waals surface area (Å²) < 4.78 is 4.56. The minimum absolute atomic E-state index is 0.755. The molecular formula is C39H32N4. The van der Waals surface area contributed by atoms with E-state index in [-0.39, 0.29) is 0 Å². The van der Waals surface area contributed by atoms with Crippen molar-refractivity contribution >= 4 is 38.4 Å². The molecule has 3 heterocycles. The van der Waals surface area contributed by atoms with Crippen molar-refractivity contribution in [2.75, 3.05) is 0 Å². The third-order valence-electron chi connectivity index (χ3n) is 8.07. The number of allylic oxidation sites excluding steroid dienone is 3. The van der Waals surface area contributed by atoms with Crippen LogP contribution in [0.2, 0.25) is 0 Å². The third kappa shape index (κ3) is 4.79. The van der Waals surface area contributed by atoms with Crippen LogP contribution in [0.3, 0.4) is 0 Å². The van der Waals surface area contributed by atoms with Crippen molar-refractivity contribution in [3.63, 3.8) is 0 Å². The van der Waals surface area contributed by atoms with Crippen molar-refractivity contribution in [2.45, 2.75) is 0 Å². The monoisotopic (exact) mass is 556 g/mol. The predicted molar refractivity (Wildman–Crippen MR) is 182 cm³/mol. The molecule has 0 fully saturated rings. The Bertz CT molecular complexity index is 2160. The topological polar surface area (TPSA) is 47.9 Å². The van der Waals surface area contributed by atoms with Gasteiger partial charge in [-0.05, 0) is 53.6 Å². The fourth-order valence-electron chi connectivity index (χ4n) is 6.00. The Kier molecular flexibility index (Phi) is 6.86. The number of hydrogen-bond acceptors (Lipinski definition) is 2. The van der Waals surface area contributed by atoms with Gasteiger partial charge in [-0.25, -0.2) is 0 Å². The Balaban J connectivity index is 0.000000141. The van der Waals surface area contributed by atoms with Crippen molar-refractivity contribution < 1.29 is 0 Å². The summed E-state index contributed by atoms with van der Waals surface area (Å²) in [5.41, 5.74) is 16.4. The van der Waals surface area contributed by atoms with E-state index in [0.717, 1.165) is 22.5 Å². The number of hydrogen-bond donors (Lipinski definition) is 2. The molecule has 0 amide bonds. The fourth-order valence-corrected chi connectivity index (χ4v) is 6.00. The number of nitrogens with two attached hydrogens (primary N) is 1. The minimum Gasteiger partial charge on any atom is -0.397 e. The Morgan fingerprint density at radius 1 is 0.628 bits per heavy atom. The lowest BCUT2D eigenvalue weighted by Crippen LogP contribution is -2.13. The van der Waals surface area contributed by atoms with Crippen LogP contribution in [0.1, 0.15) is 5.56 Å². The van der Waals surface area contributed by atoms with Crippen LogP contribution in [-0.2, 0) is 7.05 Å². The van der Waals surface area contributed by atoms with Gasteiger partial charge in [0.25, 0.3) is 0 Å². The Morgan fingerprint density at radius 3 is 2.14 bits per heavy atom. The number of dihydropyridines is 1. The van der Waals surface area contributed by atoms with Crippen molar-refractivity contribution in [3.8, 4) is 16.8 Å². The highest BCUT2D eigenvalue weighted by molar-refractivity contribution is 6.17. The van der Waals surface area contributed by atoms with Gasteiger partial charge in [0.1, 0.15) is 0 Å². The predicted octanol–water partition coefficient (Wildman–Crippen LogP) is 8.93. The molecule has 0 saturated carbocycles. The van der Waals surface area contributed by atoms with Gasteiger partial charge in [0.05, 0.1) is 22.4 Å². The minimum atomic E-state index is 0.755. The first-order valence-electron chi connectivity index (χ1n) is 14.5. The molecule has 0 aliphatic carbocycles. The first-order valence-corrected chi connectivity index (χ1v) is 14.5. The maximum atomic E-state index is 6.34. The van der Waals surface area contributed by atoms with Gasteiger partial charge in [-0.3, -0.25) is 0 Å². The summed E-state index contributed by atoms with van der Waals surface area (Å²) >= 11 is 0. The van der Waals surface area contributed by atoms with Gasteiger partial charge in [-0.15, -0.1) is 0 Å². The molecule has 0 bridgehead atoms. The molecular weight excluding hydrogens is 524 g/mol. The zero-order valence-corrected chi connectivity index (χ0v) is 24.0. The fraction of sp³-hybridized carbons (Fsp3) is 0.0256. The molecule has 4 heteroatoms. The van der Waals surface area contributed by atoms with Gasteiger partial charge in [-0.1, -0.05) is 103 Å². The van der Waals surface area contributed by atoms with E-state index >= 15 is 0 Å².